The van der Waals surface area contributed by atoms with E-state index in [2.05, 4.69) is 22.2 Å². The van der Waals surface area contributed by atoms with E-state index in [4.69, 9.17) is 0 Å². The SMILES string of the molecule is Cc1nn(C)c(C)c1CC(=O)NCCN1CCCC[C@@H]1C. The fourth-order valence-corrected chi connectivity index (χ4v) is 3.13. The zero-order valence-corrected chi connectivity index (χ0v) is 13.8. The fourth-order valence-electron chi connectivity index (χ4n) is 3.13. The highest BCUT2D eigenvalue weighted by Crippen LogP contribution is 2.15. The Kier molecular flexibility index (Phi) is 5.39. The summed E-state index contributed by atoms with van der Waals surface area (Å²) in [5.41, 5.74) is 3.09. The molecule has 5 nitrogen and oxygen atoms in total. The molecule has 1 aliphatic rings. The van der Waals surface area contributed by atoms with E-state index in [9.17, 15) is 4.79 Å². The lowest BCUT2D eigenvalue weighted by atomic mass is 10.0. The first-order valence-electron chi connectivity index (χ1n) is 7.99. The number of nitrogens with zero attached hydrogens (tertiary/aromatic N) is 3. The Morgan fingerprint density at radius 2 is 2.14 bits per heavy atom. The molecule has 1 aliphatic heterocycles. The number of rotatable bonds is 5. The third-order valence-corrected chi connectivity index (χ3v) is 4.66. The number of aromatic nitrogens is 2. The van der Waals surface area contributed by atoms with E-state index in [1.165, 1.54) is 19.3 Å². The summed E-state index contributed by atoms with van der Waals surface area (Å²) in [4.78, 5) is 14.6. The maximum atomic E-state index is 12.1. The lowest BCUT2D eigenvalue weighted by molar-refractivity contribution is -0.120. The number of likely N-dealkylation sites (tertiary alicyclic amines) is 1. The first-order valence-corrected chi connectivity index (χ1v) is 7.99. The molecule has 1 N–H and O–H groups in total. The fraction of sp³-hybridized carbons (Fsp3) is 0.750. The van der Waals surface area contributed by atoms with Crippen LogP contribution in [0, 0.1) is 13.8 Å². The van der Waals surface area contributed by atoms with Crippen LogP contribution in [0.3, 0.4) is 0 Å². The van der Waals surface area contributed by atoms with Gasteiger partial charge in [-0.1, -0.05) is 6.42 Å². The van der Waals surface area contributed by atoms with Gasteiger partial charge in [-0.2, -0.15) is 5.10 Å². The van der Waals surface area contributed by atoms with Gasteiger partial charge in [-0.3, -0.25) is 14.4 Å². The predicted molar refractivity (Wildman–Crippen MR) is 84.3 cm³/mol. The maximum Gasteiger partial charge on any atom is 0.224 e. The standard InChI is InChI=1S/C16H28N4O/c1-12-7-5-6-9-20(12)10-8-17-16(21)11-15-13(2)18-19(4)14(15)3/h12H,5-11H2,1-4H3,(H,17,21)/t12-/m0/s1. The van der Waals surface area contributed by atoms with Gasteiger partial charge in [0.1, 0.15) is 0 Å². The molecule has 5 heteroatoms. The molecule has 0 saturated carbocycles. The number of nitrogens with one attached hydrogen (secondary N) is 1. The van der Waals surface area contributed by atoms with Crippen molar-refractivity contribution in [3.8, 4) is 0 Å². The van der Waals surface area contributed by atoms with E-state index in [-0.39, 0.29) is 5.91 Å². The van der Waals surface area contributed by atoms with Crippen molar-refractivity contribution >= 4 is 5.91 Å². The molecule has 1 saturated heterocycles. The van der Waals surface area contributed by atoms with Crippen molar-refractivity contribution in [2.45, 2.75) is 52.5 Å². The van der Waals surface area contributed by atoms with Crippen LogP contribution in [-0.2, 0) is 18.3 Å². The highest BCUT2D eigenvalue weighted by molar-refractivity contribution is 5.79. The van der Waals surface area contributed by atoms with Gasteiger partial charge in [0.25, 0.3) is 0 Å². The summed E-state index contributed by atoms with van der Waals surface area (Å²) >= 11 is 0. The lowest BCUT2D eigenvalue weighted by Gasteiger charge is -2.33. The van der Waals surface area contributed by atoms with Crippen molar-refractivity contribution < 1.29 is 4.79 Å². The van der Waals surface area contributed by atoms with Crippen LogP contribution in [0.5, 0.6) is 0 Å². The van der Waals surface area contributed by atoms with Crippen LogP contribution in [0.4, 0.5) is 0 Å². The van der Waals surface area contributed by atoms with Gasteiger partial charge in [-0.15, -0.1) is 0 Å². The summed E-state index contributed by atoms with van der Waals surface area (Å²) < 4.78 is 1.84. The molecule has 0 spiro atoms. The van der Waals surface area contributed by atoms with E-state index >= 15 is 0 Å². The van der Waals surface area contributed by atoms with E-state index in [1.807, 2.05) is 25.6 Å². The second-order valence-corrected chi connectivity index (χ2v) is 6.18. The first-order chi connectivity index (χ1) is 9.99. The van der Waals surface area contributed by atoms with Gasteiger partial charge in [0.2, 0.25) is 5.91 Å². The molecule has 0 aromatic carbocycles. The monoisotopic (exact) mass is 292 g/mol. The van der Waals surface area contributed by atoms with Crippen LogP contribution in [0.1, 0.15) is 43.1 Å². The largest absolute Gasteiger partial charge is 0.355 e. The normalized spacial score (nSPS) is 19.7. The average Bonchev–Trinajstić information content (AvgIpc) is 2.68. The van der Waals surface area contributed by atoms with Gasteiger partial charge in [-0.25, -0.2) is 0 Å². The van der Waals surface area contributed by atoms with E-state index < -0.39 is 0 Å². The van der Waals surface area contributed by atoms with Crippen molar-refractivity contribution in [1.29, 1.82) is 0 Å². The van der Waals surface area contributed by atoms with Crippen LogP contribution in [-0.4, -0.2) is 46.3 Å². The predicted octanol–water partition coefficient (Wildman–Crippen LogP) is 1.57. The van der Waals surface area contributed by atoms with Gasteiger partial charge in [0.15, 0.2) is 0 Å². The topological polar surface area (TPSA) is 50.2 Å². The lowest BCUT2D eigenvalue weighted by Crippen LogP contribution is -2.42. The zero-order chi connectivity index (χ0) is 15.4. The number of amides is 1. The summed E-state index contributed by atoms with van der Waals surface area (Å²) in [6.45, 7) is 9.11. The Labute approximate surface area is 127 Å². The number of carbonyl (C=O) groups excluding carboxylic acids is 1. The molecule has 1 atom stereocenters. The summed E-state index contributed by atoms with van der Waals surface area (Å²) in [5, 5.41) is 7.40. The minimum atomic E-state index is 0.0962. The summed E-state index contributed by atoms with van der Waals surface area (Å²) in [6.07, 6.45) is 4.33. The molecule has 0 aliphatic carbocycles. The molecular formula is C16H28N4O. The van der Waals surface area contributed by atoms with Crippen molar-refractivity contribution in [2.24, 2.45) is 7.05 Å². The quantitative estimate of drug-likeness (QED) is 0.896. The van der Waals surface area contributed by atoms with E-state index in [0.717, 1.165) is 36.6 Å². The zero-order valence-electron chi connectivity index (χ0n) is 13.8. The van der Waals surface area contributed by atoms with E-state index in [1.54, 1.807) is 0 Å². The Balaban J connectivity index is 1.77. The summed E-state index contributed by atoms with van der Waals surface area (Å²) in [5.74, 6) is 0.0962. The second-order valence-electron chi connectivity index (χ2n) is 6.18. The molecule has 1 amide bonds. The van der Waals surface area contributed by atoms with Crippen molar-refractivity contribution in [1.82, 2.24) is 20.0 Å². The molecule has 1 aromatic heterocycles. The Morgan fingerprint density at radius 3 is 2.76 bits per heavy atom. The molecule has 118 valence electrons. The third-order valence-electron chi connectivity index (χ3n) is 4.66. The molecule has 2 heterocycles. The molecule has 0 radical (unpaired) electrons. The second kappa shape index (κ2) is 7.07. The Hall–Kier alpha value is -1.36. The van der Waals surface area contributed by atoms with Gasteiger partial charge < -0.3 is 5.32 Å². The van der Waals surface area contributed by atoms with Crippen molar-refractivity contribution in [2.75, 3.05) is 19.6 Å². The van der Waals surface area contributed by atoms with Gasteiger partial charge in [0, 0.05) is 37.4 Å². The molecule has 21 heavy (non-hydrogen) atoms. The van der Waals surface area contributed by atoms with Crippen LogP contribution < -0.4 is 5.32 Å². The summed E-state index contributed by atoms with van der Waals surface area (Å²) in [6, 6.07) is 0.651. The van der Waals surface area contributed by atoms with Crippen LogP contribution in [0.15, 0.2) is 0 Å². The van der Waals surface area contributed by atoms with Gasteiger partial charge in [-0.05, 0) is 40.2 Å². The molecule has 2 rings (SSSR count). The summed E-state index contributed by atoms with van der Waals surface area (Å²) in [7, 11) is 1.92. The highest BCUT2D eigenvalue weighted by atomic mass is 16.1. The molecule has 1 aromatic rings. The third kappa shape index (κ3) is 4.06. The van der Waals surface area contributed by atoms with Gasteiger partial charge in [0.05, 0.1) is 12.1 Å². The maximum absolute atomic E-state index is 12.1. The minimum absolute atomic E-state index is 0.0962. The van der Waals surface area contributed by atoms with Crippen LogP contribution in [0.2, 0.25) is 0 Å². The Bertz CT molecular complexity index is 495. The molecule has 1 fully saturated rings. The van der Waals surface area contributed by atoms with E-state index in [0.29, 0.717) is 12.5 Å². The smallest absolute Gasteiger partial charge is 0.224 e. The first kappa shape index (κ1) is 16.0. The minimum Gasteiger partial charge on any atom is -0.355 e. The number of hydrogen-bond acceptors (Lipinski definition) is 3. The highest BCUT2D eigenvalue weighted by Gasteiger charge is 2.18. The average molecular weight is 292 g/mol. The molecule has 0 bridgehead atoms. The van der Waals surface area contributed by atoms with Gasteiger partial charge >= 0.3 is 0 Å². The van der Waals surface area contributed by atoms with Crippen LogP contribution in [0.25, 0.3) is 0 Å². The molecular weight excluding hydrogens is 264 g/mol. The number of carbonyl (C=O) groups is 1. The Morgan fingerprint density at radius 1 is 1.38 bits per heavy atom. The van der Waals surface area contributed by atoms with Crippen LogP contribution >= 0.6 is 0 Å². The van der Waals surface area contributed by atoms with Crippen molar-refractivity contribution in [3.05, 3.63) is 17.0 Å². The molecule has 0 unspecified atom stereocenters. The van der Waals surface area contributed by atoms with Crippen molar-refractivity contribution in [3.63, 3.8) is 0 Å². The number of hydrogen-bond donors (Lipinski definition) is 1. The number of aryl methyl sites for hydroxylation is 2. The number of piperidine rings is 1.